The number of aliphatic hydroxyl groups is 1. The molecule has 0 bridgehead atoms. The van der Waals surface area contributed by atoms with Crippen molar-refractivity contribution in [3.05, 3.63) is 151 Å². The number of aliphatic hydroxyl groups excluding tert-OH is 1. The molecule has 0 aliphatic rings. The van der Waals surface area contributed by atoms with Crippen LogP contribution >= 0.6 is 0 Å². The van der Waals surface area contributed by atoms with Gasteiger partial charge in [-0.3, -0.25) is 10.2 Å². The molecule has 0 fully saturated rings. The lowest BCUT2D eigenvalue weighted by atomic mass is 9.88. The molecule has 1 amide bonds. The quantitative estimate of drug-likeness (QED) is 0.0715. The number of nitrogens with zero attached hydrogens (tertiary/aromatic N) is 1. The van der Waals surface area contributed by atoms with Crippen molar-refractivity contribution in [3.63, 3.8) is 0 Å². The Morgan fingerprint density at radius 3 is 2.02 bits per heavy atom. The maximum Gasteiger partial charge on any atom is 0.413 e. The topological polar surface area (TPSA) is 133 Å². The first kappa shape index (κ1) is 39.3. The molecule has 53 heavy (non-hydrogen) atoms. The number of rotatable bonds is 19. The van der Waals surface area contributed by atoms with Crippen molar-refractivity contribution >= 4 is 21.6 Å². The lowest BCUT2D eigenvalue weighted by Crippen LogP contribution is -2.55. The van der Waals surface area contributed by atoms with E-state index in [0.29, 0.717) is 31.7 Å². The van der Waals surface area contributed by atoms with Gasteiger partial charge in [-0.2, -0.15) is 0 Å². The van der Waals surface area contributed by atoms with E-state index >= 15 is 0 Å². The van der Waals surface area contributed by atoms with Crippen molar-refractivity contribution in [3.8, 4) is 5.75 Å². The average molecular weight is 739 g/mol. The molecule has 0 aliphatic carbocycles. The van der Waals surface area contributed by atoms with Gasteiger partial charge in [-0.05, 0) is 59.7 Å². The van der Waals surface area contributed by atoms with Gasteiger partial charge in [-0.25, -0.2) is 13.2 Å². The molecule has 0 aliphatic heterocycles. The number of hydrogen-bond donors (Lipinski definition) is 4. The van der Waals surface area contributed by atoms with Crippen LogP contribution in [-0.2, 0) is 29.3 Å². The van der Waals surface area contributed by atoms with E-state index in [1.54, 1.807) is 25.2 Å². The highest BCUT2D eigenvalue weighted by Gasteiger charge is 2.41. The molecule has 1 unspecified atom stereocenters. The molecule has 0 radical (unpaired) electrons. The van der Waals surface area contributed by atoms with E-state index in [1.807, 2.05) is 86.6 Å². The summed E-state index contributed by atoms with van der Waals surface area (Å²) in [6, 6.07) is 37.3. The van der Waals surface area contributed by atoms with Gasteiger partial charge in [0.25, 0.3) is 0 Å². The first-order valence-corrected chi connectivity index (χ1v) is 19.4. The van der Waals surface area contributed by atoms with Crippen LogP contribution in [0.2, 0.25) is 0 Å². The summed E-state index contributed by atoms with van der Waals surface area (Å²) in [6.45, 7) is 5.77. The Morgan fingerprint density at radius 2 is 1.45 bits per heavy atom. The molecular formula is C42H50N4O6S. The minimum absolute atomic E-state index is 0.125. The largest absolute Gasteiger partial charge is 0.469 e. The number of anilines is 1. The summed E-state index contributed by atoms with van der Waals surface area (Å²) in [4.78, 5) is 15.4. The van der Waals surface area contributed by atoms with E-state index in [-0.39, 0.29) is 23.6 Å². The normalized spacial score (nSPS) is 13.6. The zero-order chi connectivity index (χ0) is 37.7. The van der Waals surface area contributed by atoms with Gasteiger partial charge < -0.3 is 24.9 Å². The van der Waals surface area contributed by atoms with Crippen molar-refractivity contribution in [2.75, 3.05) is 25.5 Å². The van der Waals surface area contributed by atoms with Gasteiger partial charge in [0.05, 0.1) is 23.3 Å². The number of furan rings is 1. The van der Waals surface area contributed by atoms with Gasteiger partial charge in [0.1, 0.15) is 11.6 Å². The Kier molecular flexibility index (Phi) is 13.9. The highest BCUT2D eigenvalue weighted by atomic mass is 32.2. The van der Waals surface area contributed by atoms with Crippen molar-refractivity contribution in [1.82, 2.24) is 15.5 Å². The van der Waals surface area contributed by atoms with Crippen LogP contribution in [0.5, 0.6) is 5.75 Å². The van der Waals surface area contributed by atoms with Gasteiger partial charge in [-0.1, -0.05) is 111 Å². The van der Waals surface area contributed by atoms with E-state index in [9.17, 15) is 18.3 Å². The number of sulfone groups is 1. The summed E-state index contributed by atoms with van der Waals surface area (Å²) in [7, 11) is -2.25. The molecule has 3 atom stereocenters. The Balaban J connectivity index is 1.39. The SMILES string of the molecule is CNc1cccc(S(=O)(=O)C(NC[C@@H](O)[C@H](Cc2ccccc2)NC(=O)Oc2ccoc2)C(C)(C)CCN(Cc2ccccc2)Cc2ccccc2)c1. The third-order valence-corrected chi connectivity index (χ3v) is 11.7. The molecule has 280 valence electrons. The Bertz CT molecular complexity index is 1900. The fourth-order valence-corrected chi connectivity index (χ4v) is 8.47. The van der Waals surface area contributed by atoms with E-state index in [1.165, 1.54) is 29.7 Å². The van der Waals surface area contributed by atoms with Crippen LogP contribution < -0.4 is 20.7 Å². The zero-order valence-corrected chi connectivity index (χ0v) is 31.3. The summed E-state index contributed by atoms with van der Waals surface area (Å²) < 4.78 is 39.6. The second kappa shape index (κ2) is 18.7. The lowest BCUT2D eigenvalue weighted by molar-refractivity contribution is 0.111. The number of ether oxygens (including phenoxy) is 1. The predicted molar refractivity (Wildman–Crippen MR) is 208 cm³/mol. The van der Waals surface area contributed by atoms with Gasteiger partial charge in [0.15, 0.2) is 15.6 Å². The molecule has 0 spiro atoms. The van der Waals surface area contributed by atoms with Crippen molar-refractivity contribution in [2.24, 2.45) is 5.41 Å². The highest BCUT2D eigenvalue weighted by molar-refractivity contribution is 7.92. The smallest absolute Gasteiger partial charge is 0.413 e. The zero-order valence-electron chi connectivity index (χ0n) is 30.5. The summed E-state index contributed by atoms with van der Waals surface area (Å²) in [5, 5.41) is 19.6. The number of benzene rings is 4. The molecule has 5 aromatic rings. The molecule has 10 nitrogen and oxygen atoms in total. The molecular weight excluding hydrogens is 689 g/mol. The fourth-order valence-electron chi connectivity index (χ4n) is 6.36. The molecule has 4 aromatic carbocycles. The van der Waals surface area contributed by atoms with Crippen molar-refractivity contribution in [1.29, 1.82) is 0 Å². The third kappa shape index (κ3) is 11.5. The van der Waals surface area contributed by atoms with Crippen LogP contribution in [0.15, 0.2) is 143 Å². The first-order chi connectivity index (χ1) is 25.5. The second-order valence-electron chi connectivity index (χ2n) is 13.9. The van der Waals surface area contributed by atoms with E-state index in [0.717, 1.165) is 5.56 Å². The van der Waals surface area contributed by atoms with E-state index < -0.39 is 38.9 Å². The molecule has 1 aromatic heterocycles. The maximum absolute atomic E-state index is 14.6. The minimum Gasteiger partial charge on any atom is -0.469 e. The average Bonchev–Trinajstić information content (AvgIpc) is 3.67. The third-order valence-electron chi connectivity index (χ3n) is 9.33. The van der Waals surface area contributed by atoms with Crippen LogP contribution in [0.3, 0.4) is 0 Å². The van der Waals surface area contributed by atoms with Crippen LogP contribution in [0.25, 0.3) is 0 Å². The molecule has 0 saturated carbocycles. The number of carbonyl (C=O) groups is 1. The van der Waals surface area contributed by atoms with Crippen LogP contribution in [0, 0.1) is 5.41 Å². The van der Waals surface area contributed by atoms with E-state index in [4.69, 9.17) is 9.15 Å². The van der Waals surface area contributed by atoms with Gasteiger partial charge in [-0.15, -0.1) is 0 Å². The van der Waals surface area contributed by atoms with Crippen LogP contribution in [0.1, 0.15) is 37.0 Å². The Morgan fingerprint density at radius 1 is 0.849 bits per heavy atom. The second-order valence-corrected chi connectivity index (χ2v) is 15.9. The fraction of sp³-hybridized carbons (Fsp3) is 0.310. The number of nitrogens with one attached hydrogen (secondary N) is 3. The highest BCUT2D eigenvalue weighted by Crippen LogP contribution is 2.34. The van der Waals surface area contributed by atoms with Crippen LogP contribution in [0.4, 0.5) is 10.5 Å². The lowest BCUT2D eigenvalue weighted by Gasteiger charge is -2.37. The van der Waals surface area contributed by atoms with Gasteiger partial charge >= 0.3 is 6.09 Å². The summed E-state index contributed by atoms with van der Waals surface area (Å²) >= 11 is 0. The van der Waals surface area contributed by atoms with Crippen LogP contribution in [-0.4, -0.2) is 62.2 Å². The molecule has 0 saturated heterocycles. The molecule has 1 heterocycles. The van der Waals surface area contributed by atoms with Gasteiger partial charge in [0, 0.05) is 38.4 Å². The monoisotopic (exact) mass is 738 g/mol. The van der Waals surface area contributed by atoms with Gasteiger partial charge in [0.2, 0.25) is 0 Å². The van der Waals surface area contributed by atoms with Crippen molar-refractivity contribution in [2.45, 2.75) is 62.2 Å². The summed E-state index contributed by atoms with van der Waals surface area (Å²) in [5.41, 5.74) is 3.06. The molecule has 5 rings (SSSR count). The number of carbonyl (C=O) groups excluding carboxylic acids is 1. The standard InChI is InChI=1S/C42H50N4O6S/c1-42(2,23-24-46(29-33-16-9-5-10-17-33)30-34-18-11-6-12-19-34)40(53(49,50)37-21-13-20-35(27-37)43-3)44-28-39(47)38(26-32-14-7-4-8-15-32)45-41(48)52-36-22-25-51-31-36/h4-22,25,27,31,38-40,43-44,47H,23-24,26,28-30H2,1-3H3,(H,45,48)/t38-,39+,40?/m0/s1. The summed E-state index contributed by atoms with van der Waals surface area (Å²) in [6.07, 6.45) is 1.54. The molecule has 11 heteroatoms. The summed E-state index contributed by atoms with van der Waals surface area (Å²) in [5.74, 6) is 0.221. The predicted octanol–water partition coefficient (Wildman–Crippen LogP) is 6.89. The number of amides is 1. The molecule has 4 N–H and O–H groups in total. The Hall–Kier alpha value is -4.94. The van der Waals surface area contributed by atoms with Crippen molar-refractivity contribution < 1.29 is 27.5 Å². The Labute approximate surface area is 313 Å². The number of hydrogen-bond acceptors (Lipinski definition) is 9. The van der Waals surface area contributed by atoms with E-state index in [2.05, 4.69) is 45.1 Å². The minimum atomic E-state index is -4.00. The first-order valence-electron chi connectivity index (χ1n) is 17.8. The maximum atomic E-state index is 14.6.